The molecule has 0 spiro atoms. The highest BCUT2D eigenvalue weighted by atomic mass is 16.7. The first-order valence-electron chi connectivity index (χ1n) is 16.7. The monoisotopic (exact) mass is 680 g/mol. The highest BCUT2D eigenvalue weighted by Crippen LogP contribution is 2.38. The lowest BCUT2D eigenvalue weighted by Gasteiger charge is -2.44. The van der Waals surface area contributed by atoms with Crippen molar-refractivity contribution in [2.45, 2.75) is 132 Å². The molecule has 0 aromatic rings. The zero-order chi connectivity index (χ0) is 35.1. The molecule has 11 atom stereocenters. The summed E-state index contributed by atoms with van der Waals surface area (Å²) in [5.74, 6) is -5.51. The van der Waals surface area contributed by atoms with Gasteiger partial charge >= 0.3 is 11.9 Å². The minimum absolute atomic E-state index is 0.0107. The van der Waals surface area contributed by atoms with Gasteiger partial charge in [0, 0.05) is 38.2 Å². The van der Waals surface area contributed by atoms with Gasteiger partial charge in [-0.3, -0.25) is 4.79 Å². The van der Waals surface area contributed by atoms with Crippen LogP contribution < -0.4 is 0 Å². The molecule has 2 bridgehead atoms. The largest absolute Gasteiger partial charge is 0.481 e. The molecule has 48 heavy (non-hydrogen) atoms. The number of aliphatic hydroxyl groups is 6. The molecule has 3 heterocycles. The number of allylic oxidation sites excluding steroid dienone is 6. The average Bonchev–Trinajstić information content (AvgIpc) is 2.98. The number of ether oxygens (including phenoxy) is 4. The van der Waals surface area contributed by atoms with Crippen LogP contribution >= 0.6 is 0 Å². The van der Waals surface area contributed by atoms with Crippen LogP contribution in [0, 0.1) is 5.92 Å². The van der Waals surface area contributed by atoms with E-state index in [1.165, 1.54) is 12.2 Å². The lowest BCUT2D eigenvalue weighted by Crippen LogP contribution is -2.56. The average molecular weight is 681 g/mol. The van der Waals surface area contributed by atoms with Crippen LogP contribution in [-0.4, -0.2) is 115 Å². The first kappa shape index (κ1) is 39.7. The Balaban J connectivity index is 1.87. The minimum atomic E-state index is -2.15. The summed E-state index contributed by atoms with van der Waals surface area (Å²) in [6.45, 7) is 1.98. The third-order valence-corrected chi connectivity index (χ3v) is 8.39. The molecule has 0 aliphatic carbocycles. The van der Waals surface area contributed by atoms with Crippen molar-refractivity contribution in [3.8, 4) is 0 Å². The van der Waals surface area contributed by atoms with E-state index in [2.05, 4.69) is 6.92 Å². The van der Waals surface area contributed by atoms with Crippen LogP contribution in [0.4, 0.5) is 0 Å². The fourth-order valence-corrected chi connectivity index (χ4v) is 6.04. The number of rotatable bonds is 6. The van der Waals surface area contributed by atoms with Crippen molar-refractivity contribution in [2.24, 2.45) is 5.92 Å². The third kappa shape index (κ3) is 13.7. The van der Waals surface area contributed by atoms with E-state index < -0.39 is 85.5 Å². The zero-order valence-electron chi connectivity index (χ0n) is 27.4. The van der Waals surface area contributed by atoms with Crippen molar-refractivity contribution < 1.29 is 64.3 Å². The molecule has 0 amide bonds. The van der Waals surface area contributed by atoms with Gasteiger partial charge < -0.3 is 54.7 Å². The number of carbonyl (C=O) groups excluding carboxylic acids is 1. The number of hydrogen-bond donors (Lipinski definition) is 7. The second-order valence-electron chi connectivity index (χ2n) is 12.7. The molecule has 2 fully saturated rings. The Morgan fingerprint density at radius 1 is 0.896 bits per heavy atom. The number of aliphatic hydroxyl groups excluding tert-OH is 5. The molecule has 3 aliphatic rings. The molecule has 3 rings (SSSR count). The molecule has 13 heteroatoms. The van der Waals surface area contributed by atoms with Gasteiger partial charge in [-0.2, -0.15) is 0 Å². The summed E-state index contributed by atoms with van der Waals surface area (Å²) < 4.78 is 22.9. The summed E-state index contributed by atoms with van der Waals surface area (Å²) in [6.07, 6.45) is 8.74. The van der Waals surface area contributed by atoms with Crippen molar-refractivity contribution in [1.82, 2.24) is 0 Å². The number of esters is 1. The quantitative estimate of drug-likeness (QED) is 0.200. The Morgan fingerprint density at radius 2 is 1.62 bits per heavy atom. The van der Waals surface area contributed by atoms with Gasteiger partial charge in [0.25, 0.3) is 0 Å². The number of cyclic esters (lactones) is 1. The van der Waals surface area contributed by atoms with Crippen LogP contribution in [0.3, 0.4) is 0 Å². The number of fused-ring (bicyclic) bond motifs is 2. The number of carbonyl (C=O) groups is 2. The highest BCUT2D eigenvalue weighted by molar-refractivity contribution is 5.82. The number of unbranched alkanes of at least 4 members (excludes halogenated alkanes) is 1. The van der Waals surface area contributed by atoms with E-state index in [0.717, 1.165) is 12.8 Å². The van der Waals surface area contributed by atoms with Crippen molar-refractivity contribution in [3.63, 3.8) is 0 Å². The molecule has 0 radical (unpaired) electrons. The van der Waals surface area contributed by atoms with Gasteiger partial charge in [0.2, 0.25) is 0 Å². The predicted molar refractivity (Wildman–Crippen MR) is 173 cm³/mol. The van der Waals surface area contributed by atoms with Crippen LogP contribution in [0.1, 0.15) is 71.1 Å². The van der Waals surface area contributed by atoms with Crippen LogP contribution in [-0.2, 0) is 28.5 Å². The molecule has 2 saturated heterocycles. The number of carboxylic acids is 1. The summed E-state index contributed by atoms with van der Waals surface area (Å²) in [4.78, 5) is 24.6. The fourth-order valence-electron chi connectivity index (χ4n) is 6.04. The normalized spacial score (nSPS) is 41.2. The third-order valence-electron chi connectivity index (χ3n) is 8.39. The lowest BCUT2D eigenvalue weighted by atomic mass is 9.83. The molecule has 270 valence electrons. The molecular formula is C35H52O13. The Morgan fingerprint density at radius 3 is 2.33 bits per heavy atom. The first-order valence-corrected chi connectivity index (χ1v) is 16.7. The van der Waals surface area contributed by atoms with Gasteiger partial charge in [0.1, 0.15) is 18.1 Å². The molecule has 0 aromatic carbocycles. The molecular weight excluding hydrogens is 628 g/mol. The van der Waals surface area contributed by atoms with E-state index in [1.54, 1.807) is 36.5 Å². The van der Waals surface area contributed by atoms with Crippen LogP contribution in [0.25, 0.3) is 0 Å². The molecule has 8 unspecified atom stereocenters. The predicted octanol–water partition coefficient (Wildman–Crippen LogP) is 1.95. The van der Waals surface area contributed by atoms with Crippen molar-refractivity contribution >= 4 is 11.9 Å². The smallest absolute Gasteiger partial charge is 0.330 e. The second kappa shape index (κ2) is 20.1. The van der Waals surface area contributed by atoms with Crippen LogP contribution in [0.2, 0.25) is 0 Å². The van der Waals surface area contributed by atoms with Crippen molar-refractivity contribution in [1.29, 1.82) is 0 Å². The number of aliphatic carboxylic acids is 1. The van der Waals surface area contributed by atoms with Crippen LogP contribution in [0.15, 0.2) is 60.8 Å². The summed E-state index contributed by atoms with van der Waals surface area (Å²) >= 11 is 0. The van der Waals surface area contributed by atoms with Gasteiger partial charge in [-0.15, -0.1) is 0 Å². The SMILES string of the molecule is CCCCC1C/C=C/C=C/C=C/C=C/C(O[C@@H]2OC[C@@H](O)C[C@@H]2O)CC2OC(O)(CC(O)CC(O)C/C=C/C(=O)O1)CC(O)C2C(=O)O. The maximum Gasteiger partial charge on any atom is 0.330 e. The first-order chi connectivity index (χ1) is 22.9. The summed E-state index contributed by atoms with van der Waals surface area (Å²) in [7, 11) is 0. The zero-order valence-corrected chi connectivity index (χ0v) is 27.4. The summed E-state index contributed by atoms with van der Waals surface area (Å²) in [5, 5.41) is 73.6. The van der Waals surface area contributed by atoms with E-state index >= 15 is 0 Å². The maximum absolute atomic E-state index is 12.4. The Hall–Kier alpha value is -2.72. The highest BCUT2D eigenvalue weighted by Gasteiger charge is 2.50. The number of carboxylic acid groups (broad SMARTS) is 1. The Bertz CT molecular complexity index is 1150. The minimum Gasteiger partial charge on any atom is -0.481 e. The standard InChI is InChI=1S/C35H52O13/c1-2-3-13-26-14-9-7-5-4-6-8-10-15-27(47-34-28(39)18-25(38)22-45-34)19-30-32(33(42)43)29(40)21-35(44,48-30)20-24(37)17-23(36)12-11-16-31(41)46-26/h4-11,15-16,23-30,32,34,36-40,44H,2-3,12-14,17-22H2,1H3,(H,42,43)/b5-4+,8-6+,9-7+,15-10+,16-11+/t23?,24?,25-,26?,27?,28-,29?,30?,32?,34-,35?/m0/s1. The molecule has 0 aromatic heterocycles. The summed E-state index contributed by atoms with van der Waals surface area (Å²) in [5.41, 5.74) is 0. The van der Waals surface area contributed by atoms with Gasteiger partial charge in [-0.1, -0.05) is 74.4 Å². The molecule has 13 nitrogen and oxygen atoms in total. The van der Waals surface area contributed by atoms with E-state index in [0.29, 0.717) is 12.8 Å². The van der Waals surface area contributed by atoms with E-state index in [9.17, 15) is 45.3 Å². The van der Waals surface area contributed by atoms with Crippen molar-refractivity contribution in [2.75, 3.05) is 6.61 Å². The Kier molecular flexibility index (Phi) is 16.6. The van der Waals surface area contributed by atoms with Gasteiger partial charge in [0.15, 0.2) is 12.1 Å². The van der Waals surface area contributed by atoms with E-state index in [1.807, 2.05) is 12.2 Å². The van der Waals surface area contributed by atoms with E-state index in [4.69, 9.17) is 18.9 Å². The molecule has 0 saturated carbocycles. The van der Waals surface area contributed by atoms with Gasteiger partial charge in [0.05, 0.1) is 43.2 Å². The van der Waals surface area contributed by atoms with Gasteiger partial charge in [-0.05, 0) is 19.3 Å². The number of hydrogen-bond acceptors (Lipinski definition) is 12. The van der Waals surface area contributed by atoms with Gasteiger partial charge in [-0.25, -0.2) is 4.79 Å². The molecule has 3 aliphatic heterocycles. The lowest BCUT2D eigenvalue weighted by molar-refractivity contribution is -0.305. The maximum atomic E-state index is 12.4. The molecule has 7 N–H and O–H groups in total. The Labute approximate surface area is 281 Å². The van der Waals surface area contributed by atoms with Crippen molar-refractivity contribution in [3.05, 3.63) is 60.8 Å². The van der Waals surface area contributed by atoms with E-state index in [-0.39, 0.29) is 38.4 Å². The summed E-state index contributed by atoms with van der Waals surface area (Å²) in [6, 6.07) is 0. The van der Waals surface area contributed by atoms with Crippen LogP contribution in [0.5, 0.6) is 0 Å². The second-order valence-corrected chi connectivity index (χ2v) is 12.7. The topological polar surface area (TPSA) is 213 Å². The fraction of sp³-hybridized carbons (Fsp3) is 0.657.